The van der Waals surface area contributed by atoms with Crippen LogP contribution in [0.5, 0.6) is 0 Å². The van der Waals surface area contributed by atoms with Crippen LogP contribution in [0.4, 0.5) is 0 Å². The summed E-state index contributed by atoms with van der Waals surface area (Å²) in [4.78, 5) is 2.56. The van der Waals surface area contributed by atoms with Crippen molar-refractivity contribution in [3.63, 3.8) is 0 Å². The van der Waals surface area contributed by atoms with Gasteiger partial charge >= 0.3 is 0 Å². The van der Waals surface area contributed by atoms with Crippen LogP contribution in [0.25, 0.3) is 0 Å². The maximum absolute atomic E-state index is 5.68. The quantitative estimate of drug-likeness (QED) is 0.780. The van der Waals surface area contributed by atoms with Crippen molar-refractivity contribution in [1.29, 1.82) is 0 Å². The summed E-state index contributed by atoms with van der Waals surface area (Å²) < 4.78 is 5.68. The van der Waals surface area contributed by atoms with Crippen LogP contribution in [-0.4, -0.2) is 49.8 Å². The van der Waals surface area contributed by atoms with Crippen LogP contribution in [0.1, 0.15) is 51.9 Å². The van der Waals surface area contributed by atoms with E-state index in [2.05, 4.69) is 17.1 Å². The highest BCUT2D eigenvalue weighted by atomic mass is 16.5. The molecule has 2 fully saturated rings. The zero-order valence-electron chi connectivity index (χ0n) is 12.0. The van der Waals surface area contributed by atoms with Gasteiger partial charge in [0.1, 0.15) is 0 Å². The van der Waals surface area contributed by atoms with Gasteiger partial charge in [0.05, 0.1) is 6.10 Å². The summed E-state index contributed by atoms with van der Waals surface area (Å²) in [6.07, 6.45) is 10.1. The lowest BCUT2D eigenvalue weighted by Gasteiger charge is -2.23. The van der Waals surface area contributed by atoms with Gasteiger partial charge in [0.2, 0.25) is 0 Å². The standard InChI is InChI=1S/C15H30N2O/c1-14-13-17(10-6-12-18-14)11-9-16-15-7-4-2-3-5-8-15/h14-16H,2-13H2,1H3. The van der Waals surface area contributed by atoms with Crippen LogP contribution in [0.3, 0.4) is 0 Å². The molecule has 18 heavy (non-hydrogen) atoms. The minimum Gasteiger partial charge on any atom is -0.377 e. The zero-order valence-corrected chi connectivity index (χ0v) is 12.0. The van der Waals surface area contributed by atoms with Crippen molar-refractivity contribution in [2.45, 2.75) is 64.0 Å². The number of nitrogens with one attached hydrogen (secondary N) is 1. The Labute approximate surface area is 112 Å². The molecule has 1 aliphatic carbocycles. The van der Waals surface area contributed by atoms with Crippen molar-refractivity contribution >= 4 is 0 Å². The molecule has 0 aromatic carbocycles. The lowest BCUT2D eigenvalue weighted by atomic mass is 10.1. The summed E-state index contributed by atoms with van der Waals surface area (Å²) in [5.41, 5.74) is 0. The summed E-state index contributed by atoms with van der Waals surface area (Å²) in [7, 11) is 0. The largest absolute Gasteiger partial charge is 0.377 e. The monoisotopic (exact) mass is 254 g/mol. The Hall–Kier alpha value is -0.120. The second-order valence-corrected chi connectivity index (χ2v) is 5.98. The van der Waals surface area contributed by atoms with Crippen LogP contribution >= 0.6 is 0 Å². The van der Waals surface area contributed by atoms with Crippen LogP contribution in [0, 0.1) is 0 Å². The lowest BCUT2D eigenvalue weighted by Crippen LogP contribution is -2.39. The third-order valence-corrected chi connectivity index (χ3v) is 4.25. The molecule has 1 N–H and O–H groups in total. The van der Waals surface area contributed by atoms with E-state index in [-0.39, 0.29) is 0 Å². The molecule has 0 bridgehead atoms. The van der Waals surface area contributed by atoms with Gasteiger partial charge in [-0.1, -0.05) is 25.7 Å². The summed E-state index contributed by atoms with van der Waals surface area (Å²) in [6.45, 7) is 7.77. The average molecular weight is 254 g/mol. The first-order valence-corrected chi connectivity index (χ1v) is 7.92. The Morgan fingerprint density at radius 3 is 2.67 bits per heavy atom. The maximum atomic E-state index is 5.68. The van der Waals surface area contributed by atoms with Gasteiger partial charge in [0.15, 0.2) is 0 Å². The molecule has 106 valence electrons. The molecule has 2 aliphatic rings. The van der Waals surface area contributed by atoms with Gasteiger partial charge in [-0.3, -0.25) is 4.90 Å². The van der Waals surface area contributed by atoms with Gasteiger partial charge in [0.25, 0.3) is 0 Å². The molecule has 0 aromatic rings. The molecule has 2 rings (SSSR count). The fraction of sp³-hybridized carbons (Fsp3) is 1.00. The van der Waals surface area contributed by atoms with Crippen molar-refractivity contribution in [1.82, 2.24) is 10.2 Å². The molecular formula is C15H30N2O. The van der Waals surface area contributed by atoms with E-state index in [1.807, 2.05) is 0 Å². The van der Waals surface area contributed by atoms with E-state index >= 15 is 0 Å². The molecule has 1 heterocycles. The number of ether oxygens (including phenoxy) is 1. The highest BCUT2D eigenvalue weighted by Gasteiger charge is 2.15. The van der Waals surface area contributed by atoms with E-state index < -0.39 is 0 Å². The molecule has 1 saturated carbocycles. The summed E-state index contributed by atoms with van der Waals surface area (Å²) >= 11 is 0. The molecular weight excluding hydrogens is 224 g/mol. The second-order valence-electron chi connectivity index (χ2n) is 5.98. The minimum atomic E-state index is 0.408. The van der Waals surface area contributed by atoms with Crippen LogP contribution < -0.4 is 5.32 Å². The van der Waals surface area contributed by atoms with Gasteiger partial charge in [-0.25, -0.2) is 0 Å². The number of rotatable bonds is 4. The third-order valence-electron chi connectivity index (χ3n) is 4.25. The van der Waals surface area contributed by atoms with E-state index in [4.69, 9.17) is 4.74 Å². The summed E-state index contributed by atoms with van der Waals surface area (Å²) in [5.74, 6) is 0. The maximum Gasteiger partial charge on any atom is 0.0673 e. The van der Waals surface area contributed by atoms with Crippen LogP contribution in [0.2, 0.25) is 0 Å². The topological polar surface area (TPSA) is 24.5 Å². The fourth-order valence-electron chi connectivity index (χ4n) is 3.19. The van der Waals surface area contributed by atoms with E-state index in [0.29, 0.717) is 6.10 Å². The molecule has 0 radical (unpaired) electrons. The second kappa shape index (κ2) is 8.13. The van der Waals surface area contributed by atoms with Gasteiger partial charge in [-0.2, -0.15) is 0 Å². The Morgan fingerprint density at radius 2 is 1.89 bits per heavy atom. The smallest absolute Gasteiger partial charge is 0.0673 e. The predicted octanol–water partition coefficient (Wildman–Crippen LogP) is 2.41. The SMILES string of the molecule is CC1CN(CCNC2CCCCCC2)CCCO1. The Balaban J connectivity index is 1.61. The van der Waals surface area contributed by atoms with Gasteiger partial charge in [0, 0.05) is 38.8 Å². The first-order valence-electron chi connectivity index (χ1n) is 7.92. The first-order chi connectivity index (χ1) is 8.84. The Kier molecular flexibility index (Phi) is 6.46. The number of nitrogens with zero attached hydrogens (tertiary/aromatic N) is 1. The van der Waals surface area contributed by atoms with E-state index in [0.717, 1.165) is 25.7 Å². The van der Waals surface area contributed by atoms with Crippen LogP contribution in [-0.2, 0) is 4.74 Å². The van der Waals surface area contributed by atoms with E-state index in [1.54, 1.807) is 0 Å². The third kappa shape index (κ3) is 5.25. The van der Waals surface area contributed by atoms with Crippen molar-refractivity contribution in [2.24, 2.45) is 0 Å². The normalized spacial score (nSPS) is 28.8. The average Bonchev–Trinajstić information content (AvgIpc) is 2.72. The van der Waals surface area contributed by atoms with Crippen molar-refractivity contribution in [3.05, 3.63) is 0 Å². The highest BCUT2D eigenvalue weighted by molar-refractivity contribution is 4.73. The van der Waals surface area contributed by atoms with Crippen molar-refractivity contribution in [3.8, 4) is 0 Å². The fourth-order valence-corrected chi connectivity index (χ4v) is 3.19. The molecule has 1 aliphatic heterocycles. The van der Waals surface area contributed by atoms with Crippen molar-refractivity contribution < 1.29 is 4.74 Å². The molecule has 3 heteroatoms. The molecule has 3 nitrogen and oxygen atoms in total. The van der Waals surface area contributed by atoms with E-state index in [1.165, 1.54) is 58.0 Å². The zero-order chi connectivity index (χ0) is 12.6. The Bertz CT molecular complexity index is 215. The van der Waals surface area contributed by atoms with Crippen LogP contribution in [0.15, 0.2) is 0 Å². The first kappa shape index (κ1) is 14.3. The van der Waals surface area contributed by atoms with E-state index in [9.17, 15) is 0 Å². The molecule has 0 aromatic heterocycles. The lowest BCUT2D eigenvalue weighted by molar-refractivity contribution is 0.0678. The van der Waals surface area contributed by atoms with Gasteiger partial charge in [-0.15, -0.1) is 0 Å². The molecule has 0 amide bonds. The molecule has 1 saturated heterocycles. The van der Waals surface area contributed by atoms with Gasteiger partial charge < -0.3 is 10.1 Å². The molecule has 1 unspecified atom stereocenters. The van der Waals surface area contributed by atoms with Gasteiger partial charge in [-0.05, 0) is 26.2 Å². The van der Waals surface area contributed by atoms with Crippen molar-refractivity contribution in [2.75, 3.05) is 32.8 Å². The summed E-state index contributed by atoms with van der Waals surface area (Å²) in [5, 5.41) is 3.76. The Morgan fingerprint density at radius 1 is 1.11 bits per heavy atom. The number of hydrogen-bond donors (Lipinski definition) is 1. The highest BCUT2D eigenvalue weighted by Crippen LogP contribution is 2.17. The predicted molar refractivity (Wildman–Crippen MR) is 76.0 cm³/mol. The summed E-state index contributed by atoms with van der Waals surface area (Å²) in [6, 6.07) is 0.785. The number of hydrogen-bond acceptors (Lipinski definition) is 3. The molecule has 0 spiro atoms. The molecule has 1 atom stereocenters. The minimum absolute atomic E-state index is 0.408.